The fourth-order valence-electron chi connectivity index (χ4n) is 2.36. The monoisotopic (exact) mass is 254 g/mol. The Hall–Kier alpha value is -1.14. The van der Waals surface area contributed by atoms with E-state index in [9.17, 15) is 4.79 Å². The van der Waals surface area contributed by atoms with Crippen molar-refractivity contribution in [2.24, 2.45) is 11.7 Å². The zero-order valence-corrected chi connectivity index (χ0v) is 10.6. The number of nitrogens with two attached hydrogens (primary N) is 2. The number of carbonyl (C=O) groups excluding carboxylic acids is 1. The number of piperidine rings is 1. The van der Waals surface area contributed by atoms with E-state index < -0.39 is 0 Å². The molecule has 1 aliphatic rings. The van der Waals surface area contributed by atoms with E-state index in [0.717, 1.165) is 32.5 Å². The Morgan fingerprint density at radius 1 is 1.65 bits per heavy atom. The lowest BCUT2D eigenvalue weighted by Crippen LogP contribution is -2.36. The van der Waals surface area contributed by atoms with E-state index in [1.165, 1.54) is 16.2 Å². The molecule has 0 aliphatic carbocycles. The lowest BCUT2D eigenvalue weighted by atomic mass is 9.94. The van der Waals surface area contributed by atoms with E-state index in [2.05, 4.69) is 9.88 Å². The molecule has 17 heavy (non-hydrogen) atoms. The third-order valence-corrected chi connectivity index (χ3v) is 3.86. The SMILES string of the molecule is NC(=O)CC1CCCN(Cc2cnc(N)s2)C1. The summed E-state index contributed by atoms with van der Waals surface area (Å²) >= 11 is 1.53. The molecule has 1 fully saturated rings. The molecule has 1 aromatic rings. The van der Waals surface area contributed by atoms with Crippen LogP contribution in [0.2, 0.25) is 0 Å². The topological polar surface area (TPSA) is 85.2 Å². The van der Waals surface area contributed by atoms with E-state index in [4.69, 9.17) is 11.5 Å². The maximum absolute atomic E-state index is 10.9. The molecule has 0 bridgehead atoms. The predicted octanol–water partition coefficient (Wildman–Crippen LogP) is 0.813. The molecule has 2 heterocycles. The standard InChI is InChI=1S/C11H18N4OS/c12-10(16)4-8-2-1-3-15(6-8)7-9-5-14-11(13)17-9/h5,8H,1-4,6-7H2,(H2,12,16)(H2,13,14). The smallest absolute Gasteiger partial charge is 0.217 e. The molecule has 0 radical (unpaired) electrons. The van der Waals surface area contributed by atoms with Crippen molar-refractivity contribution in [2.45, 2.75) is 25.8 Å². The van der Waals surface area contributed by atoms with Crippen LogP contribution >= 0.6 is 11.3 Å². The van der Waals surface area contributed by atoms with Gasteiger partial charge < -0.3 is 11.5 Å². The van der Waals surface area contributed by atoms with Crippen molar-refractivity contribution in [1.29, 1.82) is 0 Å². The Morgan fingerprint density at radius 2 is 2.47 bits per heavy atom. The van der Waals surface area contributed by atoms with Gasteiger partial charge in [-0.1, -0.05) is 0 Å². The van der Waals surface area contributed by atoms with Crippen LogP contribution in [0, 0.1) is 5.92 Å². The number of primary amides is 1. The number of nitrogens with zero attached hydrogens (tertiary/aromatic N) is 2. The summed E-state index contributed by atoms with van der Waals surface area (Å²) in [6.07, 6.45) is 4.57. The van der Waals surface area contributed by atoms with E-state index in [0.29, 0.717) is 17.5 Å². The third-order valence-electron chi connectivity index (χ3n) is 3.04. The van der Waals surface area contributed by atoms with E-state index in [-0.39, 0.29) is 5.91 Å². The third kappa shape index (κ3) is 3.67. The normalized spacial score (nSPS) is 21.5. The molecule has 1 aromatic heterocycles. The number of rotatable bonds is 4. The number of thiazole rings is 1. The highest BCUT2D eigenvalue weighted by atomic mass is 32.1. The average Bonchev–Trinajstić information content (AvgIpc) is 2.63. The zero-order chi connectivity index (χ0) is 12.3. The molecule has 5 nitrogen and oxygen atoms in total. The number of carbonyl (C=O) groups is 1. The molecule has 0 spiro atoms. The van der Waals surface area contributed by atoms with Crippen molar-refractivity contribution in [3.8, 4) is 0 Å². The van der Waals surface area contributed by atoms with Gasteiger partial charge >= 0.3 is 0 Å². The summed E-state index contributed by atoms with van der Waals surface area (Å²) in [5, 5.41) is 0.616. The quantitative estimate of drug-likeness (QED) is 0.832. The van der Waals surface area contributed by atoms with Gasteiger partial charge in [0.1, 0.15) is 0 Å². The first-order valence-electron chi connectivity index (χ1n) is 5.84. The molecule has 94 valence electrons. The molecule has 0 saturated carbocycles. The molecule has 1 amide bonds. The highest BCUT2D eigenvalue weighted by molar-refractivity contribution is 7.15. The highest BCUT2D eigenvalue weighted by Crippen LogP contribution is 2.23. The first kappa shape index (κ1) is 12.3. The van der Waals surface area contributed by atoms with E-state index in [1.54, 1.807) is 0 Å². The summed E-state index contributed by atoms with van der Waals surface area (Å²) in [6, 6.07) is 0. The number of anilines is 1. The number of nitrogen functional groups attached to an aromatic ring is 1. The largest absolute Gasteiger partial charge is 0.375 e. The molecule has 1 aliphatic heterocycles. The Labute approximate surface area is 105 Å². The minimum atomic E-state index is -0.195. The number of amides is 1. The van der Waals surface area contributed by atoms with E-state index >= 15 is 0 Å². The Balaban J connectivity index is 1.87. The summed E-state index contributed by atoms with van der Waals surface area (Å²) in [7, 11) is 0. The summed E-state index contributed by atoms with van der Waals surface area (Å²) in [5.74, 6) is 0.213. The lowest BCUT2D eigenvalue weighted by Gasteiger charge is -2.31. The van der Waals surface area contributed by atoms with Gasteiger partial charge in [0, 0.05) is 30.6 Å². The van der Waals surface area contributed by atoms with Crippen LogP contribution in [0.1, 0.15) is 24.1 Å². The van der Waals surface area contributed by atoms with Crippen molar-refractivity contribution >= 4 is 22.4 Å². The minimum Gasteiger partial charge on any atom is -0.375 e. The van der Waals surface area contributed by atoms with Gasteiger partial charge in [-0.3, -0.25) is 9.69 Å². The van der Waals surface area contributed by atoms with Crippen molar-refractivity contribution in [3.05, 3.63) is 11.1 Å². The average molecular weight is 254 g/mol. The van der Waals surface area contributed by atoms with Gasteiger partial charge in [-0.05, 0) is 25.3 Å². The van der Waals surface area contributed by atoms with Crippen molar-refractivity contribution in [2.75, 3.05) is 18.8 Å². The summed E-state index contributed by atoms with van der Waals surface area (Å²) in [4.78, 5) is 18.5. The van der Waals surface area contributed by atoms with Crippen molar-refractivity contribution in [1.82, 2.24) is 9.88 Å². The highest BCUT2D eigenvalue weighted by Gasteiger charge is 2.21. The Morgan fingerprint density at radius 3 is 3.12 bits per heavy atom. The van der Waals surface area contributed by atoms with Gasteiger partial charge in [0.15, 0.2) is 5.13 Å². The molecule has 2 rings (SSSR count). The molecule has 1 atom stereocenters. The molecular weight excluding hydrogens is 236 g/mol. The zero-order valence-electron chi connectivity index (χ0n) is 9.76. The van der Waals surface area contributed by atoms with Gasteiger partial charge in [0.25, 0.3) is 0 Å². The molecule has 0 aromatic carbocycles. The number of hydrogen-bond acceptors (Lipinski definition) is 5. The fraction of sp³-hybridized carbons (Fsp3) is 0.636. The summed E-state index contributed by atoms with van der Waals surface area (Å²) in [5.41, 5.74) is 10.8. The summed E-state index contributed by atoms with van der Waals surface area (Å²) in [6.45, 7) is 2.90. The summed E-state index contributed by atoms with van der Waals surface area (Å²) < 4.78 is 0. The lowest BCUT2D eigenvalue weighted by molar-refractivity contribution is -0.119. The number of hydrogen-bond donors (Lipinski definition) is 2. The van der Waals surface area contributed by atoms with Crippen LogP contribution in [-0.4, -0.2) is 28.9 Å². The Bertz CT molecular complexity index is 393. The maximum Gasteiger partial charge on any atom is 0.217 e. The minimum absolute atomic E-state index is 0.195. The van der Waals surface area contributed by atoms with Crippen LogP contribution in [-0.2, 0) is 11.3 Å². The van der Waals surface area contributed by atoms with Crippen molar-refractivity contribution in [3.63, 3.8) is 0 Å². The maximum atomic E-state index is 10.9. The Kier molecular flexibility index (Phi) is 3.96. The van der Waals surface area contributed by atoms with Crippen LogP contribution in [0.25, 0.3) is 0 Å². The molecule has 4 N–H and O–H groups in total. The molecule has 6 heteroatoms. The van der Waals surface area contributed by atoms with Crippen molar-refractivity contribution < 1.29 is 4.79 Å². The van der Waals surface area contributed by atoms with Gasteiger partial charge in [0.05, 0.1) is 0 Å². The van der Waals surface area contributed by atoms with Crippen LogP contribution < -0.4 is 11.5 Å². The second kappa shape index (κ2) is 5.46. The predicted molar refractivity (Wildman–Crippen MR) is 68.3 cm³/mol. The number of aromatic nitrogens is 1. The molecule has 1 unspecified atom stereocenters. The second-order valence-corrected chi connectivity index (χ2v) is 5.73. The van der Waals surface area contributed by atoms with Crippen LogP contribution in [0.3, 0.4) is 0 Å². The first-order chi connectivity index (χ1) is 8.13. The van der Waals surface area contributed by atoms with Gasteiger partial charge in [-0.2, -0.15) is 0 Å². The molecule has 1 saturated heterocycles. The van der Waals surface area contributed by atoms with Crippen LogP contribution in [0.4, 0.5) is 5.13 Å². The fourth-order valence-corrected chi connectivity index (χ4v) is 3.09. The van der Waals surface area contributed by atoms with Crippen LogP contribution in [0.5, 0.6) is 0 Å². The van der Waals surface area contributed by atoms with Gasteiger partial charge in [0.2, 0.25) is 5.91 Å². The first-order valence-corrected chi connectivity index (χ1v) is 6.66. The van der Waals surface area contributed by atoms with Gasteiger partial charge in [-0.25, -0.2) is 4.98 Å². The van der Waals surface area contributed by atoms with Gasteiger partial charge in [-0.15, -0.1) is 11.3 Å². The number of likely N-dealkylation sites (tertiary alicyclic amines) is 1. The molecular formula is C11H18N4OS. The second-order valence-electron chi connectivity index (χ2n) is 4.58. The van der Waals surface area contributed by atoms with Crippen LogP contribution in [0.15, 0.2) is 6.20 Å². The van der Waals surface area contributed by atoms with E-state index in [1.807, 2.05) is 6.20 Å².